The summed E-state index contributed by atoms with van der Waals surface area (Å²) in [7, 11) is 0. The SMILES string of the molecule is C=CC(O)C1OCC(O)C1O. The average Bonchev–Trinajstić information content (AvgIpc) is 2.32. The third-order valence-electron chi connectivity index (χ3n) is 1.77. The lowest BCUT2D eigenvalue weighted by molar-refractivity contribution is -0.0322. The molecule has 0 spiro atoms. The summed E-state index contributed by atoms with van der Waals surface area (Å²) in [5.41, 5.74) is 0. The highest BCUT2D eigenvalue weighted by atomic mass is 16.5. The maximum atomic E-state index is 9.18. The normalized spacial score (nSPS) is 40.5. The van der Waals surface area contributed by atoms with Crippen LogP contribution in [0.15, 0.2) is 12.7 Å². The van der Waals surface area contributed by atoms with Crippen LogP contribution in [-0.2, 0) is 4.74 Å². The second-order valence-electron chi connectivity index (χ2n) is 2.58. The van der Waals surface area contributed by atoms with Crippen molar-refractivity contribution in [1.82, 2.24) is 0 Å². The van der Waals surface area contributed by atoms with Gasteiger partial charge in [-0.05, 0) is 0 Å². The molecule has 1 fully saturated rings. The van der Waals surface area contributed by atoms with Crippen LogP contribution in [0.1, 0.15) is 0 Å². The van der Waals surface area contributed by atoms with Gasteiger partial charge in [0.25, 0.3) is 0 Å². The smallest absolute Gasteiger partial charge is 0.115 e. The lowest BCUT2D eigenvalue weighted by Gasteiger charge is -2.17. The lowest BCUT2D eigenvalue weighted by atomic mass is 10.1. The quantitative estimate of drug-likeness (QED) is 0.437. The fourth-order valence-corrected chi connectivity index (χ4v) is 1.06. The summed E-state index contributed by atoms with van der Waals surface area (Å²) in [6.45, 7) is 3.41. The number of rotatable bonds is 2. The van der Waals surface area contributed by atoms with Crippen LogP contribution in [0.4, 0.5) is 0 Å². The van der Waals surface area contributed by atoms with E-state index in [1.54, 1.807) is 0 Å². The Hall–Kier alpha value is -0.420. The molecule has 0 bridgehead atoms. The topological polar surface area (TPSA) is 69.9 Å². The number of hydrogen-bond donors (Lipinski definition) is 3. The summed E-state index contributed by atoms with van der Waals surface area (Å²) in [6.07, 6.45) is -2.28. The van der Waals surface area contributed by atoms with E-state index in [0.717, 1.165) is 0 Å². The lowest BCUT2D eigenvalue weighted by Crippen LogP contribution is -2.37. The Morgan fingerprint density at radius 3 is 2.55 bits per heavy atom. The van der Waals surface area contributed by atoms with Gasteiger partial charge in [-0.3, -0.25) is 0 Å². The molecule has 1 aliphatic rings. The largest absolute Gasteiger partial charge is 0.388 e. The van der Waals surface area contributed by atoms with Gasteiger partial charge in [-0.15, -0.1) is 6.58 Å². The van der Waals surface area contributed by atoms with E-state index in [1.807, 2.05) is 0 Å². The van der Waals surface area contributed by atoms with Crippen molar-refractivity contribution >= 4 is 0 Å². The van der Waals surface area contributed by atoms with Gasteiger partial charge >= 0.3 is 0 Å². The second-order valence-corrected chi connectivity index (χ2v) is 2.58. The van der Waals surface area contributed by atoms with Crippen molar-refractivity contribution in [3.63, 3.8) is 0 Å². The number of ether oxygens (including phenoxy) is 1. The third kappa shape index (κ3) is 1.59. The van der Waals surface area contributed by atoms with Crippen molar-refractivity contribution in [3.8, 4) is 0 Å². The Labute approximate surface area is 64.7 Å². The first-order valence-electron chi connectivity index (χ1n) is 3.45. The molecule has 4 unspecified atom stereocenters. The maximum absolute atomic E-state index is 9.18. The molecule has 0 aromatic heterocycles. The van der Waals surface area contributed by atoms with E-state index < -0.39 is 24.4 Å². The monoisotopic (exact) mass is 160 g/mol. The first-order chi connectivity index (χ1) is 5.16. The molecule has 4 heteroatoms. The predicted octanol–water partition coefficient (Wildman–Crippen LogP) is -1.35. The minimum atomic E-state index is -1.01. The molecule has 3 N–H and O–H groups in total. The summed E-state index contributed by atoms with van der Waals surface area (Å²) in [5, 5.41) is 27.3. The van der Waals surface area contributed by atoms with Crippen LogP contribution in [0.5, 0.6) is 0 Å². The minimum Gasteiger partial charge on any atom is -0.388 e. The Balaban J connectivity index is 2.54. The Kier molecular flexibility index (Phi) is 2.62. The Bertz CT molecular complexity index is 147. The van der Waals surface area contributed by atoms with Gasteiger partial charge in [-0.2, -0.15) is 0 Å². The van der Waals surface area contributed by atoms with E-state index in [1.165, 1.54) is 6.08 Å². The highest BCUT2D eigenvalue weighted by molar-refractivity contribution is 4.95. The molecule has 0 saturated carbocycles. The van der Waals surface area contributed by atoms with E-state index >= 15 is 0 Å². The second kappa shape index (κ2) is 3.32. The van der Waals surface area contributed by atoms with Crippen LogP contribution < -0.4 is 0 Å². The summed E-state index contributed by atoms with van der Waals surface area (Å²) in [6, 6.07) is 0. The number of aliphatic hydroxyl groups is 3. The van der Waals surface area contributed by atoms with Crippen molar-refractivity contribution in [2.24, 2.45) is 0 Å². The zero-order valence-electron chi connectivity index (χ0n) is 6.05. The average molecular weight is 160 g/mol. The van der Waals surface area contributed by atoms with Gasteiger partial charge in [0.05, 0.1) is 6.61 Å². The van der Waals surface area contributed by atoms with Crippen molar-refractivity contribution in [1.29, 1.82) is 0 Å². The van der Waals surface area contributed by atoms with E-state index in [0.29, 0.717) is 0 Å². The van der Waals surface area contributed by atoms with Crippen molar-refractivity contribution in [2.45, 2.75) is 24.4 Å². The molecule has 0 radical (unpaired) electrons. The summed E-state index contributed by atoms with van der Waals surface area (Å²) in [5.74, 6) is 0. The van der Waals surface area contributed by atoms with Gasteiger partial charge in [0.15, 0.2) is 0 Å². The standard InChI is InChI=1S/C7H12O4/c1-2-4(8)7-6(10)5(9)3-11-7/h2,4-10H,1,3H2. The van der Waals surface area contributed by atoms with Gasteiger partial charge < -0.3 is 20.1 Å². The zero-order valence-corrected chi connectivity index (χ0v) is 6.05. The molecule has 1 saturated heterocycles. The molecule has 1 rings (SSSR count). The fraction of sp³-hybridized carbons (Fsp3) is 0.714. The van der Waals surface area contributed by atoms with Crippen LogP contribution in [0.3, 0.4) is 0 Å². The summed E-state index contributed by atoms with van der Waals surface area (Å²) in [4.78, 5) is 0. The molecule has 64 valence electrons. The van der Waals surface area contributed by atoms with Crippen molar-refractivity contribution < 1.29 is 20.1 Å². The molecular formula is C7H12O4. The van der Waals surface area contributed by atoms with E-state index in [9.17, 15) is 5.11 Å². The molecule has 0 aromatic carbocycles. The highest BCUT2D eigenvalue weighted by Gasteiger charge is 2.37. The Morgan fingerprint density at radius 2 is 2.18 bits per heavy atom. The molecule has 11 heavy (non-hydrogen) atoms. The van der Waals surface area contributed by atoms with Gasteiger partial charge in [0.2, 0.25) is 0 Å². The van der Waals surface area contributed by atoms with E-state index in [2.05, 4.69) is 6.58 Å². The van der Waals surface area contributed by atoms with Crippen LogP contribution in [-0.4, -0.2) is 46.3 Å². The molecule has 1 heterocycles. The minimum absolute atomic E-state index is 0.0662. The van der Waals surface area contributed by atoms with Gasteiger partial charge in [0, 0.05) is 0 Å². The Morgan fingerprint density at radius 1 is 1.55 bits per heavy atom. The molecule has 4 nitrogen and oxygen atoms in total. The van der Waals surface area contributed by atoms with Crippen LogP contribution in [0, 0.1) is 0 Å². The third-order valence-corrected chi connectivity index (χ3v) is 1.77. The highest BCUT2D eigenvalue weighted by Crippen LogP contribution is 2.17. The summed E-state index contributed by atoms with van der Waals surface area (Å²) >= 11 is 0. The zero-order chi connectivity index (χ0) is 8.43. The van der Waals surface area contributed by atoms with Gasteiger partial charge in [-0.25, -0.2) is 0 Å². The van der Waals surface area contributed by atoms with Gasteiger partial charge in [-0.1, -0.05) is 6.08 Å². The van der Waals surface area contributed by atoms with E-state index in [-0.39, 0.29) is 6.61 Å². The summed E-state index contributed by atoms with van der Waals surface area (Å²) < 4.78 is 4.91. The molecule has 0 aliphatic carbocycles. The van der Waals surface area contributed by atoms with Crippen LogP contribution in [0.2, 0.25) is 0 Å². The number of aliphatic hydroxyl groups excluding tert-OH is 3. The molecule has 1 aliphatic heterocycles. The van der Waals surface area contributed by atoms with Crippen LogP contribution in [0.25, 0.3) is 0 Å². The van der Waals surface area contributed by atoms with Crippen LogP contribution >= 0.6 is 0 Å². The predicted molar refractivity (Wildman–Crippen MR) is 38.0 cm³/mol. The fourth-order valence-electron chi connectivity index (χ4n) is 1.06. The molecular weight excluding hydrogens is 148 g/mol. The molecule has 0 aromatic rings. The van der Waals surface area contributed by atoms with E-state index in [4.69, 9.17) is 14.9 Å². The molecule has 4 atom stereocenters. The van der Waals surface area contributed by atoms with Gasteiger partial charge in [0.1, 0.15) is 24.4 Å². The number of hydrogen-bond acceptors (Lipinski definition) is 4. The van der Waals surface area contributed by atoms with Crippen molar-refractivity contribution in [2.75, 3.05) is 6.61 Å². The molecule has 0 amide bonds. The van der Waals surface area contributed by atoms with Crippen molar-refractivity contribution in [3.05, 3.63) is 12.7 Å². The first-order valence-corrected chi connectivity index (χ1v) is 3.45. The maximum Gasteiger partial charge on any atom is 0.115 e. The first kappa shape index (κ1) is 8.67.